The van der Waals surface area contributed by atoms with E-state index in [9.17, 15) is 4.79 Å². The Hall–Kier alpha value is -1.30. The lowest BCUT2D eigenvalue weighted by atomic mass is 10.4. The van der Waals surface area contributed by atoms with Crippen molar-refractivity contribution in [2.75, 3.05) is 14.1 Å². The molecule has 1 amide bonds. The van der Waals surface area contributed by atoms with Crippen molar-refractivity contribution in [1.82, 2.24) is 19.7 Å². The molecule has 0 saturated heterocycles. The highest BCUT2D eigenvalue weighted by molar-refractivity contribution is 8.00. The second-order valence-corrected chi connectivity index (χ2v) is 6.32. The molecule has 6 heteroatoms. The number of carbonyl (C=O) groups is 1. The van der Waals surface area contributed by atoms with Crippen LogP contribution in [0.4, 0.5) is 0 Å². The molecule has 1 aliphatic carbocycles. The molecule has 0 radical (unpaired) electrons. The smallest absolute Gasteiger partial charge is 0.235 e. The van der Waals surface area contributed by atoms with Gasteiger partial charge in [0, 0.05) is 26.6 Å². The number of hydrogen-bond donors (Lipinski definition) is 0. The summed E-state index contributed by atoms with van der Waals surface area (Å²) < 4.78 is 2.08. The van der Waals surface area contributed by atoms with Crippen LogP contribution in [0.3, 0.4) is 0 Å². The zero-order valence-electron chi connectivity index (χ0n) is 11.7. The lowest BCUT2D eigenvalue weighted by Crippen LogP contribution is -2.29. The molecule has 19 heavy (non-hydrogen) atoms. The number of rotatable bonds is 6. The zero-order chi connectivity index (χ0) is 14.0. The van der Waals surface area contributed by atoms with Crippen molar-refractivity contribution in [2.24, 2.45) is 0 Å². The zero-order valence-corrected chi connectivity index (χ0v) is 12.5. The number of hydrogen-bond acceptors (Lipinski definition) is 4. The summed E-state index contributed by atoms with van der Waals surface area (Å²) in [6.45, 7) is 6.38. The molecule has 0 N–H and O–H groups in total. The van der Waals surface area contributed by atoms with E-state index in [0.717, 1.165) is 11.0 Å². The second kappa shape index (κ2) is 5.77. The Kier molecular flexibility index (Phi) is 4.29. The summed E-state index contributed by atoms with van der Waals surface area (Å²) in [5.41, 5.74) is 0. The minimum atomic E-state index is -0.158. The fraction of sp³-hybridized carbons (Fsp3) is 0.615. The Labute approximate surface area is 118 Å². The first-order valence-corrected chi connectivity index (χ1v) is 7.34. The van der Waals surface area contributed by atoms with Crippen LogP contribution in [0.2, 0.25) is 0 Å². The van der Waals surface area contributed by atoms with Crippen molar-refractivity contribution in [2.45, 2.75) is 42.6 Å². The van der Waals surface area contributed by atoms with Crippen LogP contribution in [0.1, 0.15) is 31.5 Å². The van der Waals surface area contributed by atoms with E-state index in [0.29, 0.717) is 12.5 Å². The minimum Gasteiger partial charge on any atom is -0.348 e. The number of nitrogens with zero attached hydrogens (tertiary/aromatic N) is 4. The summed E-state index contributed by atoms with van der Waals surface area (Å²) in [5.74, 6) is 1.67. The van der Waals surface area contributed by atoms with Crippen molar-refractivity contribution in [3.05, 3.63) is 18.5 Å². The molecule has 0 aromatic carbocycles. The third-order valence-corrected chi connectivity index (χ3v) is 4.14. The molecule has 1 heterocycles. The summed E-state index contributed by atoms with van der Waals surface area (Å²) in [7, 11) is 3.53. The summed E-state index contributed by atoms with van der Waals surface area (Å²) >= 11 is 1.46. The lowest BCUT2D eigenvalue weighted by Gasteiger charge is -2.16. The molecule has 5 nitrogen and oxygen atoms in total. The first kappa shape index (κ1) is 14.1. The highest BCUT2D eigenvalue weighted by atomic mass is 32.2. The van der Waals surface area contributed by atoms with Gasteiger partial charge in [-0.3, -0.25) is 4.79 Å². The van der Waals surface area contributed by atoms with Gasteiger partial charge >= 0.3 is 0 Å². The SMILES string of the molecule is C=CCn1c(SC(C)C(=O)N(C)C)nnc1C1CC1. The molecular formula is C13H20N4OS. The number of amides is 1. The van der Waals surface area contributed by atoms with Crippen LogP contribution >= 0.6 is 11.8 Å². The van der Waals surface area contributed by atoms with E-state index in [2.05, 4.69) is 21.3 Å². The summed E-state index contributed by atoms with van der Waals surface area (Å²) in [6, 6.07) is 0. The number of carbonyl (C=O) groups excluding carboxylic acids is 1. The number of thioether (sulfide) groups is 1. The monoisotopic (exact) mass is 280 g/mol. The van der Waals surface area contributed by atoms with E-state index in [1.54, 1.807) is 19.0 Å². The number of allylic oxidation sites excluding steroid dienone is 1. The first-order chi connectivity index (χ1) is 9.04. The number of aromatic nitrogens is 3. The van der Waals surface area contributed by atoms with Gasteiger partial charge in [-0.15, -0.1) is 16.8 Å². The molecule has 104 valence electrons. The van der Waals surface area contributed by atoms with Gasteiger partial charge in [0.05, 0.1) is 5.25 Å². The van der Waals surface area contributed by atoms with Crippen molar-refractivity contribution >= 4 is 17.7 Å². The van der Waals surface area contributed by atoms with Crippen molar-refractivity contribution in [1.29, 1.82) is 0 Å². The Balaban J connectivity index is 2.15. The Morgan fingerprint density at radius 3 is 2.79 bits per heavy atom. The van der Waals surface area contributed by atoms with E-state index >= 15 is 0 Å². The Morgan fingerprint density at radius 2 is 2.26 bits per heavy atom. The average molecular weight is 280 g/mol. The quantitative estimate of drug-likeness (QED) is 0.590. The molecule has 1 atom stereocenters. The second-order valence-electron chi connectivity index (χ2n) is 5.01. The normalized spacial score (nSPS) is 16.2. The van der Waals surface area contributed by atoms with Gasteiger partial charge in [0.2, 0.25) is 5.91 Å². The third kappa shape index (κ3) is 3.18. The van der Waals surface area contributed by atoms with Gasteiger partial charge in [0.25, 0.3) is 0 Å². The predicted molar refractivity (Wildman–Crippen MR) is 76.2 cm³/mol. The van der Waals surface area contributed by atoms with Gasteiger partial charge in [-0.1, -0.05) is 17.8 Å². The van der Waals surface area contributed by atoms with Crippen LogP contribution in [0.15, 0.2) is 17.8 Å². The molecule has 1 unspecified atom stereocenters. The van der Waals surface area contributed by atoms with E-state index in [4.69, 9.17) is 0 Å². The van der Waals surface area contributed by atoms with E-state index in [1.807, 2.05) is 13.0 Å². The predicted octanol–water partition coefficient (Wildman–Crippen LogP) is 1.91. The molecule has 1 fully saturated rings. The van der Waals surface area contributed by atoms with E-state index in [-0.39, 0.29) is 11.2 Å². The molecule has 1 aliphatic rings. The minimum absolute atomic E-state index is 0.0890. The van der Waals surface area contributed by atoms with Crippen LogP contribution in [-0.2, 0) is 11.3 Å². The summed E-state index contributed by atoms with van der Waals surface area (Å²) in [4.78, 5) is 13.5. The summed E-state index contributed by atoms with van der Waals surface area (Å²) in [5, 5.41) is 9.16. The van der Waals surface area contributed by atoms with Gasteiger partial charge in [-0.25, -0.2) is 0 Å². The van der Waals surface area contributed by atoms with Gasteiger partial charge in [0.15, 0.2) is 5.16 Å². The van der Waals surface area contributed by atoms with Crippen LogP contribution < -0.4 is 0 Å². The maximum absolute atomic E-state index is 11.9. The van der Waals surface area contributed by atoms with E-state index < -0.39 is 0 Å². The standard InChI is InChI=1S/C13H20N4OS/c1-5-8-17-11(10-6-7-10)14-15-13(17)19-9(2)12(18)16(3)4/h5,9-10H,1,6-8H2,2-4H3. The Bertz CT molecular complexity index is 479. The van der Waals surface area contributed by atoms with Gasteiger partial charge < -0.3 is 9.47 Å². The van der Waals surface area contributed by atoms with Crippen molar-refractivity contribution < 1.29 is 4.79 Å². The maximum Gasteiger partial charge on any atom is 0.235 e. The fourth-order valence-electron chi connectivity index (χ4n) is 1.90. The van der Waals surface area contributed by atoms with Crippen LogP contribution in [0.25, 0.3) is 0 Å². The molecule has 1 aromatic heterocycles. The average Bonchev–Trinajstić information content (AvgIpc) is 3.14. The van der Waals surface area contributed by atoms with Gasteiger partial charge in [-0.2, -0.15) is 0 Å². The maximum atomic E-state index is 11.9. The van der Waals surface area contributed by atoms with Crippen molar-refractivity contribution in [3.8, 4) is 0 Å². The van der Waals surface area contributed by atoms with Gasteiger partial charge in [-0.05, 0) is 19.8 Å². The summed E-state index contributed by atoms with van der Waals surface area (Å²) in [6.07, 6.45) is 4.22. The molecule has 0 aliphatic heterocycles. The largest absolute Gasteiger partial charge is 0.348 e. The fourth-order valence-corrected chi connectivity index (χ4v) is 2.91. The molecule has 0 spiro atoms. The van der Waals surface area contributed by atoms with Crippen LogP contribution in [-0.4, -0.2) is 44.9 Å². The third-order valence-electron chi connectivity index (χ3n) is 3.07. The molecule has 0 bridgehead atoms. The highest BCUT2D eigenvalue weighted by Gasteiger charge is 2.31. The molecule has 2 rings (SSSR count). The lowest BCUT2D eigenvalue weighted by molar-refractivity contribution is -0.127. The first-order valence-electron chi connectivity index (χ1n) is 6.46. The highest BCUT2D eigenvalue weighted by Crippen LogP contribution is 2.40. The molecule has 1 aromatic rings. The van der Waals surface area contributed by atoms with Crippen molar-refractivity contribution in [3.63, 3.8) is 0 Å². The van der Waals surface area contributed by atoms with E-state index in [1.165, 1.54) is 24.6 Å². The molecule has 1 saturated carbocycles. The molecular weight excluding hydrogens is 260 g/mol. The topological polar surface area (TPSA) is 51.0 Å². The Morgan fingerprint density at radius 1 is 1.58 bits per heavy atom. The van der Waals surface area contributed by atoms with Gasteiger partial charge in [0.1, 0.15) is 5.82 Å². The van der Waals surface area contributed by atoms with Crippen LogP contribution in [0.5, 0.6) is 0 Å². The van der Waals surface area contributed by atoms with Crippen LogP contribution in [0, 0.1) is 0 Å².